The third-order valence-electron chi connectivity index (χ3n) is 3.01. The van der Waals surface area contributed by atoms with E-state index in [4.69, 9.17) is 17.0 Å². The highest BCUT2D eigenvalue weighted by Gasteiger charge is 1.96. The fourth-order valence-corrected chi connectivity index (χ4v) is 1.78. The van der Waals surface area contributed by atoms with E-state index in [2.05, 4.69) is 47.0 Å². The highest BCUT2D eigenvalue weighted by atomic mass is 32.1. The van der Waals surface area contributed by atoms with Gasteiger partial charge in [-0.2, -0.15) is 5.10 Å². The molecule has 0 saturated carbocycles. The summed E-state index contributed by atoms with van der Waals surface area (Å²) in [7, 11) is 1.74. The lowest BCUT2D eigenvalue weighted by molar-refractivity contribution is 0.306. The van der Waals surface area contributed by atoms with Gasteiger partial charge in [0.25, 0.3) is 0 Å². The molecule has 2 rings (SSSR count). The van der Waals surface area contributed by atoms with E-state index in [-0.39, 0.29) is 0 Å². The Labute approximate surface area is 136 Å². The zero-order valence-corrected chi connectivity index (χ0v) is 13.5. The van der Waals surface area contributed by atoms with Crippen molar-refractivity contribution in [2.75, 3.05) is 7.05 Å². The van der Waals surface area contributed by atoms with Crippen LogP contribution in [0.3, 0.4) is 0 Å². The first-order chi connectivity index (χ1) is 10.7. The molecule has 5 heteroatoms. The fourth-order valence-electron chi connectivity index (χ4n) is 1.72. The number of benzene rings is 2. The monoisotopic (exact) mass is 313 g/mol. The van der Waals surface area contributed by atoms with Gasteiger partial charge in [-0.05, 0) is 54.5 Å². The smallest absolute Gasteiger partial charge is 0.186 e. The lowest BCUT2D eigenvalue weighted by atomic mass is 10.2. The predicted octanol–water partition coefficient (Wildman–Crippen LogP) is 3.00. The van der Waals surface area contributed by atoms with E-state index in [1.807, 2.05) is 24.3 Å². The van der Waals surface area contributed by atoms with E-state index in [0.717, 1.165) is 16.9 Å². The van der Waals surface area contributed by atoms with E-state index in [1.54, 1.807) is 13.3 Å². The van der Waals surface area contributed by atoms with Gasteiger partial charge in [-0.25, -0.2) is 0 Å². The molecular formula is C17H19N3OS. The van der Waals surface area contributed by atoms with Gasteiger partial charge in [0, 0.05) is 7.05 Å². The molecule has 2 N–H and O–H groups in total. The molecule has 0 aliphatic carbocycles. The molecule has 2 aromatic carbocycles. The standard InChI is InChI=1S/C17H19N3OS/c1-13-3-5-15(6-4-13)12-21-16-9-7-14(8-10-16)11-19-20-17(22)18-2/h3-11H,12H2,1-2H3,(H2,18,20,22)/b19-11-. The van der Waals surface area contributed by atoms with Crippen LogP contribution in [0.25, 0.3) is 0 Å². The Balaban J connectivity index is 1.86. The van der Waals surface area contributed by atoms with Crippen LogP contribution in [-0.2, 0) is 6.61 Å². The molecule has 0 atom stereocenters. The lowest BCUT2D eigenvalue weighted by Crippen LogP contribution is -2.28. The first kappa shape index (κ1) is 16.0. The minimum absolute atomic E-state index is 0.481. The number of hydrogen-bond acceptors (Lipinski definition) is 3. The molecule has 0 heterocycles. The summed E-state index contributed by atoms with van der Waals surface area (Å²) in [6.07, 6.45) is 1.70. The summed E-state index contributed by atoms with van der Waals surface area (Å²) in [6.45, 7) is 2.63. The minimum atomic E-state index is 0.481. The van der Waals surface area contributed by atoms with Crippen LogP contribution in [-0.4, -0.2) is 18.4 Å². The van der Waals surface area contributed by atoms with Gasteiger partial charge in [0.05, 0.1) is 6.21 Å². The van der Waals surface area contributed by atoms with Crippen LogP contribution in [0.4, 0.5) is 0 Å². The normalized spacial score (nSPS) is 10.5. The van der Waals surface area contributed by atoms with Crippen molar-refractivity contribution in [3.05, 3.63) is 65.2 Å². The van der Waals surface area contributed by atoms with Gasteiger partial charge in [0.1, 0.15) is 12.4 Å². The number of hydrazone groups is 1. The molecule has 0 spiro atoms. The van der Waals surface area contributed by atoms with E-state index in [0.29, 0.717) is 11.7 Å². The first-order valence-corrected chi connectivity index (χ1v) is 7.37. The van der Waals surface area contributed by atoms with Crippen LogP contribution in [0.1, 0.15) is 16.7 Å². The van der Waals surface area contributed by atoms with E-state index in [1.165, 1.54) is 5.56 Å². The Morgan fingerprint density at radius 3 is 2.45 bits per heavy atom. The predicted molar refractivity (Wildman–Crippen MR) is 94.3 cm³/mol. The van der Waals surface area contributed by atoms with Gasteiger partial charge >= 0.3 is 0 Å². The van der Waals surface area contributed by atoms with Crippen molar-refractivity contribution in [3.63, 3.8) is 0 Å². The largest absolute Gasteiger partial charge is 0.489 e. The molecule has 22 heavy (non-hydrogen) atoms. The molecular weight excluding hydrogens is 294 g/mol. The molecule has 0 unspecified atom stereocenters. The van der Waals surface area contributed by atoms with Crippen molar-refractivity contribution in [2.45, 2.75) is 13.5 Å². The summed E-state index contributed by atoms with van der Waals surface area (Å²) in [4.78, 5) is 0. The summed E-state index contributed by atoms with van der Waals surface area (Å²) >= 11 is 4.92. The number of nitrogens with one attached hydrogen (secondary N) is 2. The van der Waals surface area contributed by atoms with Crippen LogP contribution < -0.4 is 15.5 Å². The molecule has 0 radical (unpaired) electrons. The highest BCUT2D eigenvalue weighted by Crippen LogP contribution is 2.13. The van der Waals surface area contributed by atoms with Gasteiger partial charge in [0.15, 0.2) is 5.11 Å². The summed E-state index contributed by atoms with van der Waals surface area (Å²) in [5, 5.41) is 7.29. The quantitative estimate of drug-likeness (QED) is 0.506. The van der Waals surface area contributed by atoms with Crippen LogP contribution in [0.15, 0.2) is 53.6 Å². The van der Waals surface area contributed by atoms with Gasteiger partial charge < -0.3 is 10.1 Å². The molecule has 0 aliphatic rings. The second-order valence-corrected chi connectivity index (χ2v) is 5.20. The maximum absolute atomic E-state index is 5.76. The molecule has 2 aromatic rings. The topological polar surface area (TPSA) is 45.7 Å². The molecule has 0 aromatic heterocycles. The van der Waals surface area contributed by atoms with Crippen molar-refractivity contribution in [3.8, 4) is 5.75 Å². The van der Waals surface area contributed by atoms with Crippen LogP contribution in [0.5, 0.6) is 5.75 Å². The summed E-state index contributed by atoms with van der Waals surface area (Å²) < 4.78 is 5.76. The second-order valence-electron chi connectivity index (χ2n) is 4.79. The second kappa shape index (κ2) is 8.14. The number of aryl methyl sites for hydroxylation is 1. The van der Waals surface area contributed by atoms with E-state index < -0.39 is 0 Å². The maximum atomic E-state index is 5.76. The average Bonchev–Trinajstić information content (AvgIpc) is 2.55. The highest BCUT2D eigenvalue weighted by molar-refractivity contribution is 7.80. The van der Waals surface area contributed by atoms with E-state index >= 15 is 0 Å². The number of thiocarbonyl (C=S) groups is 1. The molecule has 0 saturated heterocycles. The Morgan fingerprint density at radius 1 is 1.14 bits per heavy atom. The molecule has 114 valence electrons. The Bertz CT molecular complexity index is 636. The van der Waals surface area contributed by atoms with Crippen LogP contribution >= 0.6 is 12.2 Å². The Morgan fingerprint density at radius 2 is 1.82 bits per heavy atom. The average molecular weight is 313 g/mol. The fraction of sp³-hybridized carbons (Fsp3) is 0.176. The van der Waals surface area contributed by atoms with Gasteiger partial charge in [-0.15, -0.1) is 0 Å². The SMILES string of the molecule is CNC(=S)N/N=C\c1ccc(OCc2ccc(C)cc2)cc1. The minimum Gasteiger partial charge on any atom is -0.489 e. The first-order valence-electron chi connectivity index (χ1n) is 6.96. The number of ether oxygens (including phenoxy) is 1. The lowest BCUT2D eigenvalue weighted by Gasteiger charge is -2.07. The van der Waals surface area contributed by atoms with Crippen molar-refractivity contribution >= 4 is 23.5 Å². The zero-order chi connectivity index (χ0) is 15.8. The van der Waals surface area contributed by atoms with Gasteiger partial charge in [0.2, 0.25) is 0 Å². The van der Waals surface area contributed by atoms with Crippen molar-refractivity contribution in [1.82, 2.24) is 10.7 Å². The van der Waals surface area contributed by atoms with Gasteiger partial charge in [-0.1, -0.05) is 29.8 Å². The Kier molecular flexibility index (Phi) is 5.91. The van der Waals surface area contributed by atoms with Crippen molar-refractivity contribution in [1.29, 1.82) is 0 Å². The molecule has 0 amide bonds. The molecule has 0 bridgehead atoms. The third-order valence-corrected chi connectivity index (χ3v) is 3.31. The van der Waals surface area contributed by atoms with Crippen LogP contribution in [0, 0.1) is 6.92 Å². The summed E-state index contributed by atoms with van der Waals surface area (Å²) in [5.41, 5.74) is 6.07. The van der Waals surface area contributed by atoms with E-state index in [9.17, 15) is 0 Å². The molecule has 4 nitrogen and oxygen atoms in total. The third kappa shape index (κ3) is 5.18. The number of nitrogens with zero attached hydrogens (tertiary/aromatic N) is 1. The summed E-state index contributed by atoms with van der Waals surface area (Å²) in [6, 6.07) is 16.1. The van der Waals surface area contributed by atoms with Crippen molar-refractivity contribution < 1.29 is 4.74 Å². The Hall–Kier alpha value is -2.40. The molecule has 0 fully saturated rings. The number of hydrogen-bond donors (Lipinski definition) is 2. The molecule has 0 aliphatic heterocycles. The maximum Gasteiger partial charge on any atom is 0.186 e. The summed E-state index contributed by atoms with van der Waals surface area (Å²) in [5.74, 6) is 0.830. The number of rotatable bonds is 5. The zero-order valence-electron chi connectivity index (χ0n) is 12.7. The van der Waals surface area contributed by atoms with Crippen molar-refractivity contribution in [2.24, 2.45) is 5.10 Å². The van der Waals surface area contributed by atoms with Crippen LogP contribution in [0.2, 0.25) is 0 Å². The van der Waals surface area contributed by atoms with Gasteiger partial charge in [-0.3, -0.25) is 5.43 Å².